The average molecular weight is 426 g/mol. The summed E-state index contributed by atoms with van der Waals surface area (Å²) in [7, 11) is 0. The molecule has 1 N–H and O–H groups in total. The number of anilines is 1. The number of aromatic nitrogens is 4. The molecule has 0 spiro atoms. The van der Waals surface area contributed by atoms with E-state index in [4.69, 9.17) is 0 Å². The summed E-state index contributed by atoms with van der Waals surface area (Å²) in [5.41, 5.74) is 2.57. The van der Waals surface area contributed by atoms with Crippen LogP contribution in [0.25, 0.3) is 16.0 Å². The van der Waals surface area contributed by atoms with Crippen LogP contribution in [0, 0.1) is 19.8 Å². The normalized spacial score (nSPS) is 11.6. The summed E-state index contributed by atoms with van der Waals surface area (Å²) in [6.45, 7) is 8.03. The highest BCUT2D eigenvalue weighted by molar-refractivity contribution is 7.17. The highest BCUT2D eigenvalue weighted by Gasteiger charge is 2.20. The monoisotopic (exact) mass is 425 g/mol. The van der Waals surface area contributed by atoms with Crippen molar-refractivity contribution in [2.45, 2.75) is 40.8 Å². The standard InChI is InChI=1S/C21H23N5O3S/c1-12(2)10-24-19(28)18-16(7-8-30-18)26-20(24)23-25(21(26)29)11-17(27)22-15-9-13(3)5-6-14(15)4/h5-9,12H,10-11H2,1-4H3,(H,22,27). The molecule has 1 aromatic carbocycles. The number of hydrogen-bond acceptors (Lipinski definition) is 5. The van der Waals surface area contributed by atoms with Gasteiger partial charge < -0.3 is 5.32 Å². The van der Waals surface area contributed by atoms with E-state index in [0.717, 1.165) is 15.8 Å². The van der Waals surface area contributed by atoms with Gasteiger partial charge in [-0.1, -0.05) is 26.0 Å². The number of rotatable bonds is 5. The predicted octanol–water partition coefficient (Wildman–Crippen LogP) is 2.78. The first kappa shape index (κ1) is 20.1. The highest BCUT2D eigenvalue weighted by atomic mass is 32.1. The van der Waals surface area contributed by atoms with E-state index in [2.05, 4.69) is 10.4 Å². The molecule has 3 aromatic heterocycles. The fraction of sp³-hybridized carbons (Fsp3) is 0.333. The lowest BCUT2D eigenvalue weighted by Gasteiger charge is -2.09. The van der Waals surface area contributed by atoms with E-state index < -0.39 is 5.69 Å². The fourth-order valence-corrected chi connectivity index (χ4v) is 4.29. The molecule has 0 atom stereocenters. The van der Waals surface area contributed by atoms with Gasteiger partial charge in [-0.2, -0.15) is 0 Å². The van der Waals surface area contributed by atoms with Crippen molar-refractivity contribution in [2.24, 2.45) is 5.92 Å². The van der Waals surface area contributed by atoms with Crippen molar-refractivity contribution < 1.29 is 4.79 Å². The molecule has 30 heavy (non-hydrogen) atoms. The number of thiophene rings is 1. The van der Waals surface area contributed by atoms with E-state index in [0.29, 0.717) is 22.4 Å². The summed E-state index contributed by atoms with van der Waals surface area (Å²) >= 11 is 1.30. The summed E-state index contributed by atoms with van der Waals surface area (Å²) in [6, 6.07) is 7.52. The Morgan fingerprint density at radius 2 is 1.97 bits per heavy atom. The van der Waals surface area contributed by atoms with Crippen molar-refractivity contribution in [2.75, 3.05) is 5.32 Å². The van der Waals surface area contributed by atoms with Crippen LogP contribution in [-0.2, 0) is 17.9 Å². The average Bonchev–Trinajstić information content (AvgIpc) is 3.27. The Kier molecular flexibility index (Phi) is 5.07. The summed E-state index contributed by atoms with van der Waals surface area (Å²) < 4.78 is 4.55. The third-order valence-electron chi connectivity index (χ3n) is 4.90. The van der Waals surface area contributed by atoms with Gasteiger partial charge in [0.1, 0.15) is 11.2 Å². The molecule has 0 aliphatic rings. The Balaban J connectivity index is 1.78. The van der Waals surface area contributed by atoms with Gasteiger partial charge in [-0.25, -0.2) is 13.9 Å². The molecule has 1 amide bonds. The van der Waals surface area contributed by atoms with Crippen LogP contribution < -0.4 is 16.6 Å². The van der Waals surface area contributed by atoms with Crippen LogP contribution in [0.3, 0.4) is 0 Å². The van der Waals surface area contributed by atoms with E-state index in [9.17, 15) is 14.4 Å². The molecular weight excluding hydrogens is 402 g/mol. The molecule has 156 valence electrons. The second-order valence-corrected chi connectivity index (χ2v) is 8.80. The Bertz CT molecular complexity index is 1390. The van der Waals surface area contributed by atoms with Crippen LogP contribution in [0.15, 0.2) is 39.2 Å². The van der Waals surface area contributed by atoms with Crippen LogP contribution in [0.1, 0.15) is 25.0 Å². The zero-order valence-electron chi connectivity index (χ0n) is 17.3. The van der Waals surface area contributed by atoms with E-state index >= 15 is 0 Å². The Morgan fingerprint density at radius 1 is 1.20 bits per heavy atom. The highest BCUT2D eigenvalue weighted by Crippen LogP contribution is 2.18. The van der Waals surface area contributed by atoms with Crippen molar-refractivity contribution in [3.8, 4) is 0 Å². The maximum atomic E-state index is 13.1. The molecule has 4 aromatic rings. The van der Waals surface area contributed by atoms with Gasteiger partial charge in [0, 0.05) is 12.2 Å². The van der Waals surface area contributed by atoms with Crippen molar-refractivity contribution in [3.63, 3.8) is 0 Å². The number of carbonyl (C=O) groups is 1. The second kappa shape index (κ2) is 7.56. The summed E-state index contributed by atoms with van der Waals surface area (Å²) in [4.78, 5) is 38.6. The van der Waals surface area contributed by atoms with Gasteiger partial charge in [-0.05, 0) is 48.4 Å². The van der Waals surface area contributed by atoms with Crippen molar-refractivity contribution in [1.82, 2.24) is 18.7 Å². The number of aryl methyl sites for hydroxylation is 2. The first-order valence-corrected chi connectivity index (χ1v) is 10.6. The molecule has 0 bridgehead atoms. The Labute approximate surface area is 176 Å². The van der Waals surface area contributed by atoms with Gasteiger partial charge in [0.2, 0.25) is 11.7 Å². The topological polar surface area (TPSA) is 90.4 Å². The van der Waals surface area contributed by atoms with Gasteiger partial charge in [0.15, 0.2) is 0 Å². The quantitative estimate of drug-likeness (QED) is 0.532. The third-order valence-corrected chi connectivity index (χ3v) is 5.79. The van der Waals surface area contributed by atoms with Crippen LogP contribution in [-0.4, -0.2) is 24.7 Å². The minimum absolute atomic E-state index is 0.168. The lowest BCUT2D eigenvalue weighted by Crippen LogP contribution is -2.29. The lowest BCUT2D eigenvalue weighted by atomic mass is 10.1. The molecule has 0 fully saturated rings. The smallest absolute Gasteiger partial charge is 0.324 e. The van der Waals surface area contributed by atoms with Crippen LogP contribution >= 0.6 is 11.3 Å². The number of nitrogens with one attached hydrogen (secondary N) is 1. The number of carbonyl (C=O) groups excluding carboxylic acids is 1. The van der Waals surface area contributed by atoms with E-state index in [-0.39, 0.29) is 29.7 Å². The maximum Gasteiger partial charge on any atom is 0.352 e. The maximum absolute atomic E-state index is 13.1. The minimum Gasteiger partial charge on any atom is -0.324 e. The van der Waals surface area contributed by atoms with E-state index in [1.54, 1.807) is 11.4 Å². The third kappa shape index (κ3) is 3.45. The van der Waals surface area contributed by atoms with Crippen LogP contribution in [0.4, 0.5) is 5.69 Å². The Morgan fingerprint density at radius 3 is 2.70 bits per heavy atom. The molecule has 0 unspecified atom stereocenters. The SMILES string of the molecule is Cc1ccc(C)c(NC(=O)Cn2nc3n(CC(C)C)c(=O)c4sccc4n3c2=O)c1. The van der Waals surface area contributed by atoms with Gasteiger partial charge in [-0.15, -0.1) is 16.4 Å². The van der Waals surface area contributed by atoms with Crippen LogP contribution in [0.5, 0.6) is 0 Å². The van der Waals surface area contributed by atoms with Gasteiger partial charge in [-0.3, -0.25) is 14.2 Å². The zero-order valence-corrected chi connectivity index (χ0v) is 18.1. The van der Waals surface area contributed by atoms with Gasteiger partial charge >= 0.3 is 5.69 Å². The zero-order chi connectivity index (χ0) is 21.6. The Hall–Kier alpha value is -3.20. The molecule has 0 aliphatic heterocycles. The largest absolute Gasteiger partial charge is 0.352 e. The number of benzene rings is 1. The van der Waals surface area contributed by atoms with Crippen molar-refractivity contribution in [3.05, 3.63) is 61.6 Å². The molecule has 0 aliphatic carbocycles. The number of amides is 1. The first-order chi connectivity index (χ1) is 14.3. The van der Waals surface area contributed by atoms with E-state index in [1.807, 2.05) is 45.9 Å². The van der Waals surface area contributed by atoms with Crippen molar-refractivity contribution in [1.29, 1.82) is 0 Å². The number of hydrogen-bond donors (Lipinski definition) is 1. The molecule has 4 rings (SSSR count). The molecule has 8 nitrogen and oxygen atoms in total. The van der Waals surface area contributed by atoms with Gasteiger partial charge in [0.25, 0.3) is 5.56 Å². The summed E-state index contributed by atoms with van der Waals surface area (Å²) in [5, 5.41) is 8.98. The predicted molar refractivity (Wildman–Crippen MR) is 118 cm³/mol. The van der Waals surface area contributed by atoms with Gasteiger partial charge in [0.05, 0.1) is 5.52 Å². The molecule has 0 saturated heterocycles. The fourth-order valence-electron chi connectivity index (χ4n) is 3.46. The second-order valence-electron chi connectivity index (χ2n) is 7.89. The molecule has 0 radical (unpaired) electrons. The molecule has 9 heteroatoms. The summed E-state index contributed by atoms with van der Waals surface area (Å²) in [6.07, 6.45) is 0. The number of nitrogens with zero attached hydrogens (tertiary/aromatic N) is 4. The minimum atomic E-state index is -0.443. The lowest BCUT2D eigenvalue weighted by molar-refractivity contribution is -0.117. The van der Waals surface area contributed by atoms with E-state index in [1.165, 1.54) is 20.3 Å². The molecule has 0 saturated carbocycles. The summed E-state index contributed by atoms with van der Waals surface area (Å²) in [5.74, 6) is 0.0921. The molecular formula is C21H23N5O3S. The first-order valence-electron chi connectivity index (χ1n) is 9.73. The van der Waals surface area contributed by atoms with Crippen molar-refractivity contribution >= 4 is 38.9 Å². The van der Waals surface area contributed by atoms with Crippen LogP contribution in [0.2, 0.25) is 0 Å². The molecule has 3 heterocycles. The number of fused-ring (bicyclic) bond motifs is 3.